The highest BCUT2D eigenvalue weighted by Crippen LogP contribution is 2.39. The first-order valence-corrected chi connectivity index (χ1v) is 11.8. The Kier molecular flexibility index (Phi) is 4.76. The number of ether oxygens (including phenoxy) is 2. The van der Waals surface area contributed by atoms with Crippen molar-refractivity contribution in [1.29, 1.82) is 0 Å². The summed E-state index contributed by atoms with van der Waals surface area (Å²) in [5, 5.41) is 0. The van der Waals surface area contributed by atoms with Gasteiger partial charge in [-0.3, -0.25) is 14.4 Å². The first-order chi connectivity index (χ1) is 15.5. The van der Waals surface area contributed by atoms with Gasteiger partial charge in [0.25, 0.3) is 0 Å². The van der Waals surface area contributed by atoms with Crippen LogP contribution in [0.2, 0.25) is 0 Å². The highest BCUT2D eigenvalue weighted by molar-refractivity contribution is 6.02. The SMILES string of the molecule is O=C([C@@H]1CC(=O)N(c2ccc3c(c2)CCN3C(=O)C2CC2)C1)N1CCC2(CC1)OCCO2. The number of amides is 3. The molecular formula is C24H29N3O5. The predicted octanol–water partition coefficient (Wildman–Crippen LogP) is 1.70. The molecule has 1 aromatic rings. The molecule has 0 N–H and O–H groups in total. The van der Waals surface area contributed by atoms with Gasteiger partial charge in [0.15, 0.2) is 5.79 Å². The van der Waals surface area contributed by atoms with Gasteiger partial charge in [0.05, 0.1) is 19.1 Å². The maximum Gasteiger partial charge on any atom is 0.230 e. The molecule has 0 bridgehead atoms. The fourth-order valence-electron chi connectivity index (χ4n) is 5.57. The number of nitrogens with zero attached hydrogens (tertiary/aromatic N) is 3. The van der Waals surface area contributed by atoms with Gasteiger partial charge in [-0.15, -0.1) is 0 Å². The van der Waals surface area contributed by atoms with Crippen molar-refractivity contribution in [3.05, 3.63) is 23.8 Å². The second kappa shape index (κ2) is 7.56. The van der Waals surface area contributed by atoms with Gasteiger partial charge in [-0.05, 0) is 43.0 Å². The number of benzene rings is 1. The van der Waals surface area contributed by atoms with Crippen LogP contribution in [-0.2, 0) is 30.3 Å². The molecule has 1 aliphatic carbocycles. The monoisotopic (exact) mass is 439 g/mol. The van der Waals surface area contributed by atoms with Crippen molar-refractivity contribution in [1.82, 2.24) is 4.90 Å². The minimum atomic E-state index is -0.506. The van der Waals surface area contributed by atoms with Crippen molar-refractivity contribution in [3.63, 3.8) is 0 Å². The van der Waals surface area contributed by atoms with Gasteiger partial charge in [-0.2, -0.15) is 0 Å². The van der Waals surface area contributed by atoms with Gasteiger partial charge in [0.1, 0.15) is 0 Å². The van der Waals surface area contributed by atoms with E-state index in [-0.39, 0.29) is 36.0 Å². The smallest absolute Gasteiger partial charge is 0.230 e. The number of hydrogen-bond donors (Lipinski definition) is 0. The lowest BCUT2D eigenvalue weighted by atomic mass is 10.0. The van der Waals surface area contributed by atoms with Gasteiger partial charge in [-0.1, -0.05) is 0 Å². The first-order valence-electron chi connectivity index (χ1n) is 11.8. The number of anilines is 2. The lowest BCUT2D eigenvalue weighted by Crippen LogP contribution is -2.49. The third kappa shape index (κ3) is 3.40. The van der Waals surface area contributed by atoms with E-state index in [2.05, 4.69) is 0 Å². The maximum atomic E-state index is 13.1. The van der Waals surface area contributed by atoms with Crippen LogP contribution < -0.4 is 9.80 Å². The third-order valence-corrected chi connectivity index (χ3v) is 7.59. The van der Waals surface area contributed by atoms with E-state index in [1.54, 1.807) is 4.90 Å². The second-order valence-corrected chi connectivity index (χ2v) is 9.67. The van der Waals surface area contributed by atoms with Crippen molar-refractivity contribution in [2.75, 3.05) is 49.2 Å². The minimum absolute atomic E-state index is 0.0110. The second-order valence-electron chi connectivity index (χ2n) is 9.67. The molecule has 5 aliphatic rings. The van der Waals surface area contributed by atoms with Crippen molar-refractivity contribution < 1.29 is 23.9 Å². The summed E-state index contributed by atoms with van der Waals surface area (Å²) < 4.78 is 11.5. The van der Waals surface area contributed by atoms with E-state index in [0.29, 0.717) is 52.2 Å². The van der Waals surface area contributed by atoms with Crippen LogP contribution in [0.3, 0.4) is 0 Å². The van der Waals surface area contributed by atoms with Gasteiger partial charge >= 0.3 is 0 Å². The number of carbonyl (C=O) groups is 3. The third-order valence-electron chi connectivity index (χ3n) is 7.59. The van der Waals surface area contributed by atoms with Crippen LogP contribution in [0.15, 0.2) is 18.2 Å². The molecule has 32 heavy (non-hydrogen) atoms. The lowest BCUT2D eigenvalue weighted by molar-refractivity contribution is -0.188. The van der Waals surface area contributed by atoms with Crippen LogP contribution in [0.4, 0.5) is 11.4 Å². The van der Waals surface area contributed by atoms with Crippen molar-refractivity contribution in [3.8, 4) is 0 Å². The van der Waals surface area contributed by atoms with E-state index in [4.69, 9.17) is 9.47 Å². The highest BCUT2D eigenvalue weighted by atomic mass is 16.7. The molecule has 1 spiro atoms. The molecule has 0 radical (unpaired) electrons. The van der Waals surface area contributed by atoms with Crippen LogP contribution in [0.1, 0.15) is 37.7 Å². The quantitative estimate of drug-likeness (QED) is 0.716. The Morgan fingerprint density at radius 3 is 2.44 bits per heavy atom. The number of piperidine rings is 1. The molecule has 6 rings (SSSR count). The Morgan fingerprint density at radius 2 is 1.72 bits per heavy atom. The minimum Gasteiger partial charge on any atom is -0.347 e. The Morgan fingerprint density at radius 1 is 0.969 bits per heavy atom. The zero-order valence-corrected chi connectivity index (χ0v) is 18.3. The molecule has 3 amide bonds. The van der Waals surface area contributed by atoms with E-state index < -0.39 is 5.79 Å². The Balaban J connectivity index is 1.12. The van der Waals surface area contributed by atoms with E-state index in [1.807, 2.05) is 28.0 Å². The summed E-state index contributed by atoms with van der Waals surface area (Å²) in [6, 6.07) is 5.91. The number of hydrogen-bond acceptors (Lipinski definition) is 5. The van der Waals surface area contributed by atoms with Crippen molar-refractivity contribution >= 4 is 29.1 Å². The molecule has 1 atom stereocenters. The van der Waals surface area contributed by atoms with Gasteiger partial charge in [0.2, 0.25) is 17.7 Å². The predicted molar refractivity (Wildman–Crippen MR) is 116 cm³/mol. The van der Waals surface area contributed by atoms with Gasteiger partial charge < -0.3 is 24.2 Å². The number of rotatable bonds is 3. The molecule has 1 saturated carbocycles. The fourth-order valence-corrected chi connectivity index (χ4v) is 5.57. The van der Waals surface area contributed by atoms with E-state index in [9.17, 15) is 14.4 Å². The highest BCUT2D eigenvalue weighted by Gasteiger charge is 2.44. The molecule has 4 fully saturated rings. The molecule has 8 nitrogen and oxygen atoms in total. The van der Waals surface area contributed by atoms with Crippen molar-refractivity contribution in [2.45, 2.75) is 44.3 Å². The number of fused-ring (bicyclic) bond motifs is 1. The number of carbonyl (C=O) groups excluding carboxylic acids is 3. The van der Waals surface area contributed by atoms with Crippen LogP contribution in [0.25, 0.3) is 0 Å². The average Bonchev–Trinajstić information content (AvgIpc) is 3.23. The van der Waals surface area contributed by atoms with Gasteiger partial charge in [-0.25, -0.2) is 0 Å². The molecule has 3 saturated heterocycles. The molecular weight excluding hydrogens is 410 g/mol. The summed E-state index contributed by atoms with van der Waals surface area (Å²) in [7, 11) is 0. The molecule has 8 heteroatoms. The van der Waals surface area contributed by atoms with Crippen LogP contribution in [-0.4, -0.2) is 67.8 Å². The summed E-state index contributed by atoms with van der Waals surface area (Å²) in [6.45, 7) is 3.57. The van der Waals surface area contributed by atoms with E-state index in [1.165, 1.54) is 0 Å². The van der Waals surface area contributed by atoms with E-state index >= 15 is 0 Å². The van der Waals surface area contributed by atoms with Crippen LogP contribution in [0, 0.1) is 11.8 Å². The van der Waals surface area contributed by atoms with E-state index in [0.717, 1.165) is 36.2 Å². The standard InChI is InChI=1S/C24H29N3O5/c28-21-14-18(22(29)25-9-6-24(7-10-25)31-11-12-32-24)15-27(21)19-3-4-20-17(13-19)5-8-26(20)23(30)16-1-2-16/h3-4,13,16,18H,1-2,5-12,14-15H2/t18-/m1/s1. The lowest BCUT2D eigenvalue weighted by Gasteiger charge is -2.38. The largest absolute Gasteiger partial charge is 0.347 e. The first kappa shape index (κ1) is 20.2. The Bertz CT molecular complexity index is 958. The summed E-state index contributed by atoms with van der Waals surface area (Å²) >= 11 is 0. The maximum absolute atomic E-state index is 13.1. The molecule has 170 valence electrons. The molecule has 0 unspecified atom stereocenters. The zero-order chi connectivity index (χ0) is 21.9. The summed E-state index contributed by atoms with van der Waals surface area (Å²) in [5.41, 5.74) is 2.91. The topological polar surface area (TPSA) is 79.4 Å². The van der Waals surface area contributed by atoms with Crippen molar-refractivity contribution in [2.24, 2.45) is 11.8 Å². The fraction of sp³-hybridized carbons (Fsp3) is 0.625. The Hall–Kier alpha value is -2.45. The Labute approximate surface area is 187 Å². The number of likely N-dealkylation sites (tertiary alicyclic amines) is 1. The summed E-state index contributed by atoms with van der Waals surface area (Å²) in [6.07, 6.45) is 4.42. The van der Waals surface area contributed by atoms with Gasteiger partial charge in [0, 0.05) is 62.7 Å². The van der Waals surface area contributed by atoms with Crippen LogP contribution in [0.5, 0.6) is 0 Å². The molecule has 4 aliphatic heterocycles. The normalized spacial score (nSPS) is 26.8. The van der Waals surface area contributed by atoms with Crippen LogP contribution >= 0.6 is 0 Å². The summed E-state index contributed by atoms with van der Waals surface area (Å²) in [4.78, 5) is 43.9. The average molecular weight is 440 g/mol. The molecule has 4 heterocycles. The molecule has 0 aromatic heterocycles. The summed E-state index contributed by atoms with van der Waals surface area (Å²) in [5.74, 6) is -0.351. The zero-order valence-electron chi connectivity index (χ0n) is 18.3. The molecule has 1 aromatic carbocycles.